The number of halogens is 1. The lowest BCUT2D eigenvalue weighted by atomic mass is 9.85. The second-order valence-corrected chi connectivity index (χ2v) is 13.2. The summed E-state index contributed by atoms with van der Waals surface area (Å²) in [4.78, 5) is 28.1. The van der Waals surface area contributed by atoms with Gasteiger partial charge in [0.25, 0.3) is 0 Å². The first-order valence-corrected chi connectivity index (χ1v) is 15.7. The van der Waals surface area contributed by atoms with Gasteiger partial charge in [0.1, 0.15) is 40.6 Å². The number of likely N-dealkylation sites (N-methyl/N-ethyl adjacent to an activating group) is 1. The van der Waals surface area contributed by atoms with Gasteiger partial charge in [0, 0.05) is 42.8 Å². The Labute approximate surface area is 248 Å². The second-order valence-electron chi connectivity index (χ2n) is 10.7. The van der Waals surface area contributed by atoms with Gasteiger partial charge in [-0.2, -0.15) is 0 Å². The standard InChI is InChI=1S/C29H36ClN2O9P/c1-16(2)39-29(36)17(3)31-42(37,15-38-5)41-25-13-21(33)26(19-10-11-32(4)14-23(19)35)28-27(25)22(34)12-24(40-28)18-8-6-7-9-20(18)30/h6-9,12-13,16-17,19,23,33,35H,10-11,14-15H2,1-5H3,(H,31,37)/t17-,19+,23-,42?/m0/s1. The predicted molar refractivity (Wildman–Crippen MR) is 159 cm³/mol. The summed E-state index contributed by atoms with van der Waals surface area (Å²) in [5, 5.41) is 25.2. The number of aliphatic hydroxyl groups excluding tert-OH is 1. The fraction of sp³-hybridized carbons (Fsp3) is 0.448. The van der Waals surface area contributed by atoms with E-state index < -0.39 is 49.4 Å². The molecule has 2 aromatic carbocycles. The van der Waals surface area contributed by atoms with Gasteiger partial charge >= 0.3 is 13.5 Å². The minimum Gasteiger partial charge on any atom is -0.507 e. The number of β-amino-alcohol motifs (C(OH)–C–C–N with tert-alkyl or cyclic N) is 1. The molecule has 0 amide bonds. The van der Waals surface area contributed by atoms with Crippen molar-refractivity contribution < 1.29 is 38.0 Å². The van der Waals surface area contributed by atoms with Crippen LogP contribution in [-0.4, -0.2) is 72.9 Å². The SMILES string of the molecule is COCP(=O)(N[C@@H](C)C(=O)OC(C)C)Oc1cc(O)c([C@@H]2CCN(C)C[C@@H]2O)c2oc(-c3ccccc3Cl)cc(=O)c12. The topological polar surface area (TPSA) is 148 Å². The van der Waals surface area contributed by atoms with Crippen LogP contribution in [0, 0.1) is 0 Å². The van der Waals surface area contributed by atoms with Crippen molar-refractivity contribution in [2.45, 2.75) is 51.4 Å². The van der Waals surface area contributed by atoms with E-state index >= 15 is 0 Å². The number of phenolic OH excluding ortho intramolecular Hbond substituents is 1. The summed E-state index contributed by atoms with van der Waals surface area (Å²) < 4.78 is 36.4. The summed E-state index contributed by atoms with van der Waals surface area (Å²) in [7, 11) is -0.844. The minimum absolute atomic E-state index is 0.0303. The van der Waals surface area contributed by atoms with Crippen LogP contribution >= 0.6 is 19.1 Å². The van der Waals surface area contributed by atoms with E-state index in [1.54, 1.807) is 38.1 Å². The fourth-order valence-electron chi connectivity index (χ4n) is 5.06. The number of carbonyl (C=O) groups is 1. The number of aliphatic hydroxyl groups is 1. The molecule has 1 aliphatic rings. The Kier molecular flexibility index (Phi) is 10.0. The molecular formula is C29H36ClN2O9P. The lowest BCUT2D eigenvalue weighted by Crippen LogP contribution is -2.40. The zero-order valence-corrected chi connectivity index (χ0v) is 25.8. The number of benzene rings is 2. The van der Waals surface area contributed by atoms with E-state index in [9.17, 15) is 24.4 Å². The number of piperidine rings is 1. The van der Waals surface area contributed by atoms with Crippen LogP contribution in [0.25, 0.3) is 22.3 Å². The highest BCUT2D eigenvalue weighted by Crippen LogP contribution is 2.49. The number of ether oxygens (including phenoxy) is 2. The molecule has 42 heavy (non-hydrogen) atoms. The fourth-order valence-corrected chi connectivity index (χ4v) is 6.96. The number of phenols is 1. The molecule has 3 aromatic rings. The van der Waals surface area contributed by atoms with Gasteiger partial charge in [-0.25, -0.2) is 5.09 Å². The molecule has 1 saturated heterocycles. The Bertz CT molecular complexity index is 1560. The first-order chi connectivity index (χ1) is 19.8. The molecule has 1 fully saturated rings. The zero-order valence-electron chi connectivity index (χ0n) is 24.1. The first-order valence-electron chi connectivity index (χ1n) is 13.5. The average Bonchev–Trinajstić information content (AvgIpc) is 2.89. The van der Waals surface area contributed by atoms with Crippen molar-refractivity contribution in [3.05, 3.63) is 57.2 Å². The van der Waals surface area contributed by atoms with Crippen molar-refractivity contribution in [2.24, 2.45) is 0 Å². The quantitative estimate of drug-likeness (QED) is 0.213. The molecule has 0 radical (unpaired) electrons. The molecule has 4 atom stereocenters. The van der Waals surface area contributed by atoms with Crippen molar-refractivity contribution >= 4 is 36.1 Å². The van der Waals surface area contributed by atoms with Crippen molar-refractivity contribution in [3.63, 3.8) is 0 Å². The third-order valence-corrected chi connectivity index (χ3v) is 9.12. The number of carbonyl (C=O) groups excluding carboxylic acids is 1. The van der Waals surface area contributed by atoms with E-state index in [2.05, 4.69) is 5.09 Å². The monoisotopic (exact) mass is 622 g/mol. The molecule has 0 saturated carbocycles. The summed E-state index contributed by atoms with van der Waals surface area (Å²) in [6.45, 7) is 5.80. The van der Waals surface area contributed by atoms with Crippen LogP contribution < -0.4 is 15.0 Å². The van der Waals surface area contributed by atoms with E-state index in [0.717, 1.165) is 0 Å². The Morgan fingerprint density at radius 3 is 2.62 bits per heavy atom. The van der Waals surface area contributed by atoms with E-state index in [-0.39, 0.29) is 33.8 Å². The number of nitrogens with one attached hydrogen (secondary N) is 1. The number of fused-ring (bicyclic) bond motifs is 1. The van der Waals surface area contributed by atoms with Crippen LogP contribution in [0.4, 0.5) is 0 Å². The number of aromatic hydroxyl groups is 1. The van der Waals surface area contributed by atoms with E-state index in [0.29, 0.717) is 30.1 Å². The third-order valence-electron chi connectivity index (χ3n) is 6.92. The van der Waals surface area contributed by atoms with Crippen LogP contribution in [-0.2, 0) is 18.8 Å². The molecule has 13 heteroatoms. The Balaban J connectivity index is 1.89. The number of esters is 1. The van der Waals surface area contributed by atoms with E-state index in [4.69, 9.17) is 30.0 Å². The van der Waals surface area contributed by atoms with Crippen LogP contribution in [0.5, 0.6) is 11.5 Å². The summed E-state index contributed by atoms with van der Waals surface area (Å²) in [5.74, 6) is -1.65. The third kappa shape index (κ3) is 6.99. The summed E-state index contributed by atoms with van der Waals surface area (Å²) >= 11 is 6.40. The molecule has 1 aliphatic heterocycles. The maximum Gasteiger partial charge on any atom is 0.342 e. The molecule has 228 valence electrons. The van der Waals surface area contributed by atoms with Gasteiger partial charge in [0.15, 0.2) is 5.43 Å². The normalized spacial score (nSPS) is 19.9. The number of hydrogen-bond donors (Lipinski definition) is 3. The van der Waals surface area contributed by atoms with Crippen LogP contribution in [0.15, 0.2) is 45.6 Å². The number of rotatable bonds is 10. The van der Waals surface area contributed by atoms with Gasteiger partial charge < -0.3 is 33.5 Å². The molecule has 0 aliphatic carbocycles. The van der Waals surface area contributed by atoms with Crippen molar-refractivity contribution in [1.82, 2.24) is 9.99 Å². The molecular weight excluding hydrogens is 587 g/mol. The Morgan fingerprint density at radius 1 is 1.26 bits per heavy atom. The Hall–Kier alpha value is -2.92. The lowest BCUT2D eigenvalue weighted by Gasteiger charge is -2.34. The number of likely N-dealkylation sites (tertiary alicyclic amines) is 1. The highest BCUT2D eigenvalue weighted by Gasteiger charge is 2.36. The number of methoxy groups -OCH3 is 1. The van der Waals surface area contributed by atoms with Gasteiger partial charge in [0.2, 0.25) is 0 Å². The highest BCUT2D eigenvalue weighted by molar-refractivity contribution is 7.57. The zero-order chi connectivity index (χ0) is 30.8. The maximum atomic E-state index is 13.9. The lowest BCUT2D eigenvalue weighted by molar-refractivity contribution is -0.149. The van der Waals surface area contributed by atoms with Gasteiger partial charge in [-0.15, -0.1) is 0 Å². The van der Waals surface area contributed by atoms with Crippen molar-refractivity contribution in [3.8, 4) is 22.8 Å². The van der Waals surface area contributed by atoms with Gasteiger partial charge in [-0.1, -0.05) is 23.7 Å². The Morgan fingerprint density at radius 2 is 1.98 bits per heavy atom. The summed E-state index contributed by atoms with van der Waals surface area (Å²) in [6, 6.07) is 8.17. The number of hydrogen-bond acceptors (Lipinski definition) is 10. The van der Waals surface area contributed by atoms with Crippen molar-refractivity contribution in [2.75, 3.05) is 33.6 Å². The average molecular weight is 623 g/mol. The molecule has 2 heterocycles. The molecule has 11 nitrogen and oxygen atoms in total. The first kappa shape index (κ1) is 32.0. The second kappa shape index (κ2) is 13.2. The number of nitrogens with zero attached hydrogens (tertiary/aromatic N) is 1. The maximum absolute atomic E-state index is 13.9. The molecule has 0 spiro atoms. The van der Waals surface area contributed by atoms with E-state index in [1.165, 1.54) is 26.2 Å². The molecule has 1 aromatic heterocycles. The minimum atomic E-state index is -4.03. The van der Waals surface area contributed by atoms with Crippen LogP contribution in [0.2, 0.25) is 5.02 Å². The smallest absolute Gasteiger partial charge is 0.342 e. The highest BCUT2D eigenvalue weighted by atomic mass is 35.5. The van der Waals surface area contributed by atoms with Crippen molar-refractivity contribution in [1.29, 1.82) is 0 Å². The van der Waals surface area contributed by atoms with E-state index in [1.807, 2.05) is 11.9 Å². The largest absolute Gasteiger partial charge is 0.507 e. The van der Waals surface area contributed by atoms with Crippen LogP contribution in [0.1, 0.15) is 38.7 Å². The van der Waals surface area contributed by atoms with Gasteiger partial charge in [0.05, 0.1) is 17.2 Å². The summed E-state index contributed by atoms with van der Waals surface area (Å²) in [5.41, 5.74) is 0.0914. The predicted octanol–water partition coefficient (Wildman–Crippen LogP) is 4.70. The molecule has 4 rings (SSSR count). The van der Waals surface area contributed by atoms with Gasteiger partial charge in [-0.05, 0) is 52.9 Å². The van der Waals surface area contributed by atoms with Crippen LogP contribution in [0.3, 0.4) is 0 Å². The van der Waals surface area contributed by atoms with Gasteiger partial charge in [-0.3, -0.25) is 14.2 Å². The molecule has 3 N–H and O–H groups in total. The summed E-state index contributed by atoms with van der Waals surface area (Å²) in [6.07, 6.45) is -1.26. The molecule has 0 bridgehead atoms. The molecule has 1 unspecified atom stereocenters.